The first-order valence-electron chi connectivity index (χ1n) is 11.3. The second-order valence-corrected chi connectivity index (χ2v) is 11.2. The van der Waals surface area contributed by atoms with Crippen molar-refractivity contribution >= 4 is 68.1 Å². The lowest BCUT2D eigenvalue weighted by molar-refractivity contribution is -0.131. The molecule has 1 aromatic heterocycles. The third-order valence-corrected chi connectivity index (χ3v) is 8.18. The maximum atomic E-state index is 12.9. The molecular formula is C24H29Cl2N5O4S. The molecule has 2 amide bonds. The van der Waals surface area contributed by atoms with Gasteiger partial charge in [-0.15, -0.1) is 12.4 Å². The fourth-order valence-corrected chi connectivity index (χ4v) is 5.71. The van der Waals surface area contributed by atoms with E-state index in [4.69, 9.17) is 11.6 Å². The van der Waals surface area contributed by atoms with Crippen molar-refractivity contribution in [2.75, 3.05) is 42.1 Å². The maximum absolute atomic E-state index is 12.9. The topological polar surface area (TPSA) is 105 Å². The van der Waals surface area contributed by atoms with E-state index in [1.54, 1.807) is 41.3 Å². The Kier molecular flexibility index (Phi) is 8.53. The Morgan fingerprint density at radius 3 is 2.36 bits per heavy atom. The quantitative estimate of drug-likeness (QED) is 0.501. The van der Waals surface area contributed by atoms with Gasteiger partial charge in [0.05, 0.1) is 10.6 Å². The van der Waals surface area contributed by atoms with Gasteiger partial charge < -0.3 is 19.7 Å². The highest BCUT2D eigenvalue weighted by atomic mass is 35.5. The summed E-state index contributed by atoms with van der Waals surface area (Å²) in [6, 6.07) is 10.2. The van der Waals surface area contributed by atoms with E-state index in [0.29, 0.717) is 37.0 Å². The van der Waals surface area contributed by atoms with Gasteiger partial charge >= 0.3 is 0 Å². The van der Waals surface area contributed by atoms with E-state index in [-0.39, 0.29) is 41.3 Å². The zero-order valence-corrected chi connectivity index (χ0v) is 22.7. The third-order valence-electron chi connectivity index (χ3n) is 6.23. The molecule has 9 nitrogen and oxygen atoms in total. The number of piperazine rings is 1. The fraction of sp³-hybridized carbons (Fsp3) is 0.375. The highest BCUT2D eigenvalue weighted by molar-refractivity contribution is 7.91. The molecule has 0 saturated carbocycles. The lowest BCUT2D eigenvalue weighted by Crippen LogP contribution is -2.49. The van der Waals surface area contributed by atoms with E-state index < -0.39 is 9.84 Å². The number of aryl methyl sites for hydroxylation is 1. The van der Waals surface area contributed by atoms with E-state index in [1.807, 2.05) is 18.5 Å². The Balaban J connectivity index is 0.00000361. The minimum atomic E-state index is -3.61. The Labute approximate surface area is 221 Å². The average Bonchev–Trinajstić information content (AvgIpc) is 3.09. The van der Waals surface area contributed by atoms with Crippen LogP contribution in [0.3, 0.4) is 0 Å². The second-order valence-electron chi connectivity index (χ2n) is 8.66. The molecule has 0 unspecified atom stereocenters. The first-order chi connectivity index (χ1) is 16.5. The summed E-state index contributed by atoms with van der Waals surface area (Å²) >= 11 is 6.00. The number of carbonyl (C=O) groups excluding carboxylic acids is 2. The summed E-state index contributed by atoms with van der Waals surface area (Å²) in [6.07, 6.45) is -0.0804. The predicted molar refractivity (Wildman–Crippen MR) is 144 cm³/mol. The molecule has 1 aliphatic heterocycles. The van der Waals surface area contributed by atoms with Crippen molar-refractivity contribution in [1.82, 2.24) is 14.5 Å². The van der Waals surface area contributed by atoms with Gasteiger partial charge in [0.25, 0.3) is 0 Å². The number of amides is 2. The molecular weight excluding hydrogens is 525 g/mol. The summed E-state index contributed by atoms with van der Waals surface area (Å²) in [7, 11) is -1.73. The van der Waals surface area contributed by atoms with E-state index in [2.05, 4.69) is 15.2 Å². The molecule has 2 aromatic carbocycles. The Morgan fingerprint density at radius 1 is 1.06 bits per heavy atom. The standard InChI is InChI=1S/C24H28ClN5O4S.ClH/c1-16-26-23(27-17(2)31)24(28(16)3)30-11-9-29(10-12-30)22(32)8-13-35(33,34)21-7-5-18-14-20(25)6-4-19(18)15-21;/h4-7,14-15H,8-13H2,1-3H3,(H,27,31);1H. The lowest BCUT2D eigenvalue weighted by Gasteiger charge is -2.36. The zero-order valence-electron chi connectivity index (χ0n) is 20.3. The molecule has 4 rings (SSSR count). The summed E-state index contributed by atoms with van der Waals surface area (Å²) in [4.78, 5) is 32.8. The number of benzene rings is 2. The van der Waals surface area contributed by atoms with Gasteiger partial charge in [-0.05, 0) is 42.0 Å². The minimum Gasteiger partial charge on any atom is -0.351 e. The van der Waals surface area contributed by atoms with Crippen LogP contribution in [0.2, 0.25) is 5.02 Å². The Morgan fingerprint density at radius 2 is 1.69 bits per heavy atom. The van der Waals surface area contributed by atoms with E-state index >= 15 is 0 Å². The van der Waals surface area contributed by atoms with Crippen LogP contribution in [0.1, 0.15) is 19.2 Å². The molecule has 0 atom stereocenters. The van der Waals surface area contributed by atoms with Crippen LogP contribution in [0.5, 0.6) is 0 Å². The molecule has 0 bridgehead atoms. The molecule has 1 fully saturated rings. The van der Waals surface area contributed by atoms with Crippen molar-refractivity contribution in [3.63, 3.8) is 0 Å². The lowest BCUT2D eigenvalue weighted by atomic mass is 10.1. The molecule has 3 aromatic rings. The van der Waals surface area contributed by atoms with Crippen molar-refractivity contribution in [3.8, 4) is 0 Å². The number of rotatable bonds is 6. The first kappa shape index (κ1) is 27.8. The highest BCUT2D eigenvalue weighted by Crippen LogP contribution is 2.28. The van der Waals surface area contributed by atoms with Crippen LogP contribution in [0.4, 0.5) is 11.6 Å². The van der Waals surface area contributed by atoms with E-state index in [1.165, 1.54) is 6.92 Å². The second kappa shape index (κ2) is 11.1. The van der Waals surface area contributed by atoms with Crippen molar-refractivity contribution in [2.24, 2.45) is 7.05 Å². The molecule has 2 heterocycles. The zero-order chi connectivity index (χ0) is 25.3. The first-order valence-corrected chi connectivity index (χ1v) is 13.3. The number of anilines is 2. The van der Waals surface area contributed by atoms with Crippen LogP contribution >= 0.6 is 24.0 Å². The maximum Gasteiger partial charge on any atom is 0.223 e. The van der Waals surface area contributed by atoms with Gasteiger partial charge in [-0.3, -0.25) is 9.59 Å². The van der Waals surface area contributed by atoms with Crippen LogP contribution < -0.4 is 10.2 Å². The Hall–Kier alpha value is -2.82. The number of halogens is 2. The van der Waals surface area contributed by atoms with Crippen LogP contribution in [0, 0.1) is 6.92 Å². The van der Waals surface area contributed by atoms with Gasteiger partial charge in [0.1, 0.15) is 5.82 Å². The number of nitrogens with one attached hydrogen (secondary N) is 1. The van der Waals surface area contributed by atoms with E-state index in [0.717, 1.165) is 22.4 Å². The third kappa shape index (κ3) is 5.93. The van der Waals surface area contributed by atoms with Crippen molar-refractivity contribution in [3.05, 3.63) is 47.2 Å². The van der Waals surface area contributed by atoms with Gasteiger partial charge in [-0.25, -0.2) is 13.4 Å². The summed E-state index contributed by atoms with van der Waals surface area (Å²) < 4.78 is 27.7. The number of hydrogen-bond donors (Lipinski definition) is 1. The van der Waals surface area contributed by atoms with Gasteiger partial charge in [0, 0.05) is 51.6 Å². The monoisotopic (exact) mass is 553 g/mol. The molecule has 0 aliphatic carbocycles. The molecule has 1 aliphatic rings. The Bertz CT molecular complexity index is 1400. The number of nitrogens with zero attached hydrogens (tertiary/aromatic N) is 4. The van der Waals surface area contributed by atoms with Gasteiger partial charge in [-0.2, -0.15) is 0 Å². The number of hydrogen-bond acceptors (Lipinski definition) is 6. The van der Waals surface area contributed by atoms with Crippen LogP contribution in [0.15, 0.2) is 41.3 Å². The van der Waals surface area contributed by atoms with Gasteiger partial charge in [-0.1, -0.05) is 23.7 Å². The molecule has 1 N–H and O–H groups in total. The molecule has 36 heavy (non-hydrogen) atoms. The van der Waals surface area contributed by atoms with Crippen molar-refractivity contribution < 1.29 is 18.0 Å². The molecule has 194 valence electrons. The molecule has 0 spiro atoms. The minimum absolute atomic E-state index is 0. The summed E-state index contributed by atoms with van der Waals surface area (Å²) in [5.74, 6) is 1.42. The fourth-order valence-electron chi connectivity index (χ4n) is 4.26. The predicted octanol–water partition coefficient (Wildman–Crippen LogP) is 3.43. The number of imidazole rings is 1. The largest absolute Gasteiger partial charge is 0.351 e. The average molecular weight is 555 g/mol. The highest BCUT2D eigenvalue weighted by Gasteiger charge is 2.27. The smallest absolute Gasteiger partial charge is 0.223 e. The number of aromatic nitrogens is 2. The van der Waals surface area contributed by atoms with Gasteiger partial charge in [0.15, 0.2) is 21.5 Å². The normalized spacial score (nSPS) is 14.0. The van der Waals surface area contributed by atoms with Crippen LogP contribution in [-0.4, -0.2) is 66.6 Å². The SMILES string of the molecule is CC(=O)Nc1nc(C)n(C)c1N1CCN(C(=O)CCS(=O)(=O)c2ccc3cc(Cl)ccc3c2)CC1.Cl. The number of sulfone groups is 1. The van der Waals surface area contributed by atoms with Crippen LogP contribution in [-0.2, 0) is 26.5 Å². The molecule has 0 radical (unpaired) electrons. The summed E-state index contributed by atoms with van der Waals surface area (Å²) in [5, 5.41) is 4.99. The number of carbonyl (C=O) groups is 2. The van der Waals surface area contributed by atoms with E-state index in [9.17, 15) is 18.0 Å². The number of fused-ring (bicyclic) bond motifs is 1. The van der Waals surface area contributed by atoms with Crippen molar-refractivity contribution in [2.45, 2.75) is 25.2 Å². The summed E-state index contributed by atoms with van der Waals surface area (Å²) in [5.41, 5.74) is 0. The van der Waals surface area contributed by atoms with Crippen LogP contribution in [0.25, 0.3) is 10.8 Å². The van der Waals surface area contributed by atoms with Crippen molar-refractivity contribution in [1.29, 1.82) is 0 Å². The van der Waals surface area contributed by atoms with Gasteiger partial charge in [0.2, 0.25) is 11.8 Å². The molecule has 1 saturated heterocycles. The molecule has 12 heteroatoms. The summed E-state index contributed by atoms with van der Waals surface area (Å²) in [6.45, 7) is 5.32.